The van der Waals surface area contributed by atoms with Gasteiger partial charge in [0, 0.05) is 20.3 Å². The third-order valence-corrected chi connectivity index (χ3v) is 2.38. The van der Waals surface area contributed by atoms with Crippen LogP contribution in [0.2, 0.25) is 0 Å². The Labute approximate surface area is 104 Å². The number of unbranched alkanes of at least 4 members (excludes halogenated alkanes) is 1. The van der Waals surface area contributed by atoms with E-state index < -0.39 is 0 Å². The first-order valence-corrected chi connectivity index (χ1v) is 6.32. The van der Waals surface area contributed by atoms with E-state index >= 15 is 0 Å². The fraction of sp³-hybridized carbons (Fsp3) is 0.917. The lowest BCUT2D eigenvalue weighted by Gasteiger charge is -2.10. The van der Waals surface area contributed by atoms with E-state index in [0.29, 0.717) is 26.4 Å². The van der Waals surface area contributed by atoms with Crippen LogP contribution in [0.1, 0.15) is 32.6 Å². The van der Waals surface area contributed by atoms with Crippen LogP contribution < -0.4 is 11.1 Å². The molecule has 0 rings (SSSR count). The first kappa shape index (κ1) is 16.4. The summed E-state index contributed by atoms with van der Waals surface area (Å²) in [6, 6.07) is -0.363. The third-order valence-electron chi connectivity index (χ3n) is 2.38. The van der Waals surface area contributed by atoms with Crippen LogP contribution in [0.15, 0.2) is 0 Å². The van der Waals surface area contributed by atoms with Gasteiger partial charge < -0.3 is 20.5 Å². The average molecular weight is 246 g/mol. The summed E-state index contributed by atoms with van der Waals surface area (Å²) in [5.74, 6) is -0.0489. The largest absolute Gasteiger partial charge is 0.382 e. The summed E-state index contributed by atoms with van der Waals surface area (Å²) < 4.78 is 10.2. The molecule has 1 amide bonds. The zero-order valence-corrected chi connectivity index (χ0v) is 11.0. The van der Waals surface area contributed by atoms with Crippen molar-refractivity contribution in [2.45, 2.75) is 38.6 Å². The molecule has 0 aliphatic heterocycles. The number of hydrogen-bond donors (Lipinski definition) is 2. The molecule has 5 heteroatoms. The van der Waals surface area contributed by atoms with Gasteiger partial charge in [0.15, 0.2) is 0 Å². The number of amides is 1. The van der Waals surface area contributed by atoms with Crippen molar-refractivity contribution in [1.29, 1.82) is 0 Å². The predicted octanol–water partition coefficient (Wildman–Crippen LogP) is 0.673. The van der Waals surface area contributed by atoms with E-state index in [-0.39, 0.29) is 11.9 Å². The van der Waals surface area contributed by atoms with E-state index in [4.69, 9.17) is 15.2 Å². The van der Waals surface area contributed by atoms with Gasteiger partial charge in [0.05, 0.1) is 19.3 Å². The Morgan fingerprint density at radius 1 is 1.29 bits per heavy atom. The summed E-state index contributed by atoms with van der Waals surface area (Å²) >= 11 is 0. The van der Waals surface area contributed by atoms with Gasteiger partial charge in [-0.1, -0.05) is 13.3 Å². The molecular weight excluding hydrogens is 220 g/mol. The molecule has 0 bridgehead atoms. The van der Waals surface area contributed by atoms with Crippen molar-refractivity contribution in [2.24, 2.45) is 5.73 Å². The Morgan fingerprint density at radius 2 is 2.06 bits per heavy atom. The molecule has 3 N–H and O–H groups in total. The molecule has 0 aliphatic carbocycles. The third kappa shape index (κ3) is 10.2. The van der Waals surface area contributed by atoms with E-state index in [1.807, 2.05) is 6.92 Å². The van der Waals surface area contributed by atoms with Crippen molar-refractivity contribution in [1.82, 2.24) is 5.32 Å². The molecule has 5 nitrogen and oxygen atoms in total. The number of nitrogens with two attached hydrogens (primary N) is 1. The van der Waals surface area contributed by atoms with Crippen LogP contribution in [0.5, 0.6) is 0 Å². The molecule has 0 aromatic heterocycles. The van der Waals surface area contributed by atoms with Crippen LogP contribution in [-0.2, 0) is 14.3 Å². The molecule has 0 saturated heterocycles. The summed E-state index contributed by atoms with van der Waals surface area (Å²) in [6.45, 7) is 4.65. The van der Waals surface area contributed by atoms with E-state index in [9.17, 15) is 4.79 Å². The fourth-order valence-electron chi connectivity index (χ4n) is 1.36. The summed E-state index contributed by atoms with van der Waals surface area (Å²) in [4.78, 5) is 11.4. The first-order chi connectivity index (χ1) is 8.22. The van der Waals surface area contributed by atoms with E-state index in [1.165, 1.54) is 0 Å². The zero-order chi connectivity index (χ0) is 12.9. The Balaban J connectivity index is 3.24. The zero-order valence-electron chi connectivity index (χ0n) is 11.0. The number of ether oxygens (including phenoxy) is 2. The highest BCUT2D eigenvalue weighted by Crippen LogP contribution is 1.94. The van der Waals surface area contributed by atoms with Gasteiger partial charge in [-0.25, -0.2) is 0 Å². The van der Waals surface area contributed by atoms with Crippen molar-refractivity contribution in [3.8, 4) is 0 Å². The highest BCUT2D eigenvalue weighted by Gasteiger charge is 2.10. The second-order valence-corrected chi connectivity index (χ2v) is 4.00. The number of methoxy groups -OCH3 is 1. The van der Waals surface area contributed by atoms with Crippen molar-refractivity contribution in [3.05, 3.63) is 0 Å². The number of carbonyl (C=O) groups is 1. The Bertz CT molecular complexity index is 189. The van der Waals surface area contributed by atoms with E-state index in [1.54, 1.807) is 7.11 Å². The predicted molar refractivity (Wildman–Crippen MR) is 67.8 cm³/mol. The molecule has 0 aromatic rings. The maximum atomic E-state index is 11.4. The van der Waals surface area contributed by atoms with Crippen LogP contribution in [0, 0.1) is 0 Å². The van der Waals surface area contributed by atoms with E-state index in [0.717, 1.165) is 25.7 Å². The second kappa shape index (κ2) is 11.8. The monoisotopic (exact) mass is 246 g/mol. The number of rotatable bonds is 11. The molecule has 0 aromatic carbocycles. The number of hydrogen-bond acceptors (Lipinski definition) is 4. The van der Waals surface area contributed by atoms with Crippen LogP contribution in [0.4, 0.5) is 0 Å². The Morgan fingerprint density at radius 3 is 2.71 bits per heavy atom. The molecule has 0 radical (unpaired) electrons. The van der Waals surface area contributed by atoms with Crippen molar-refractivity contribution in [3.63, 3.8) is 0 Å². The SMILES string of the molecule is CCC[C@@H](N)C(=O)NCCCCOCCOC. The molecule has 102 valence electrons. The minimum absolute atomic E-state index is 0.0489. The molecule has 0 heterocycles. The molecule has 0 spiro atoms. The molecule has 1 atom stereocenters. The number of carbonyl (C=O) groups excluding carboxylic acids is 1. The van der Waals surface area contributed by atoms with Gasteiger partial charge in [-0.05, 0) is 19.3 Å². The average Bonchev–Trinajstić information content (AvgIpc) is 2.32. The lowest BCUT2D eigenvalue weighted by atomic mass is 10.1. The van der Waals surface area contributed by atoms with Crippen LogP contribution in [-0.4, -0.2) is 45.4 Å². The van der Waals surface area contributed by atoms with Crippen LogP contribution in [0.25, 0.3) is 0 Å². The molecule has 0 aliphatic rings. The normalized spacial score (nSPS) is 12.4. The topological polar surface area (TPSA) is 73.6 Å². The van der Waals surface area contributed by atoms with Gasteiger partial charge in [0.2, 0.25) is 5.91 Å². The molecule has 0 fully saturated rings. The molecule has 0 unspecified atom stereocenters. The molecule has 17 heavy (non-hydrogen) atoms. The smallest absolute Gasteiger partial charge is 0.236 e. The maximum absolute atomic E-state index is 11.4. The Kier molecular flexibility index (Phi) is 11.4. The minimum atomic E-state index is -0.363. The lowest BCUT2D eigenvalue weighted by Crippen LogP contribution is -2.40. The summed E-state index contributed by atoms with van der Waals surface area (Å²) in [7, 11) is 1.65. The summed E-state index contributed by atoms with van der Waals surface area (Å²) in [5.41, 5.74) is 5.67. The summed E-state index contributed by atoms with van der Waals surface area (Å²) in [6.07, 6.45) is 3.53. The van der Waals surface area contributed by atoms with Gasteiger partial charge >= 0.3 is 0 Å². The van der Waals surface area contributed by atoms with Crippen molar-refractivity contribution >= 4 is 5.91 Å². The maximum Gasteiger partial charge on any atom is 0.236 e. The van der Waals surface area contributed by atoms with Crippen LogP contribution in [0.3, 0.4) is 0 Å². The van der Waals surface area contributed by atoms with Crippen molar-refractivity contribution in [2.75, 3.05) is 33.5 Å². The fourth-order valence-corrected chi connectivity index (χ4v) is 1.36. The standard InChI is InChI=1S/C12H26N2O3/c1-3-6-11(13)12(15)14-7-4-5-8-17-10-9-16-2/h11H,3-10,13H2,1-2H3,(H,14,15)/t11-/m1/s1. The van der Waals surface area contributed by atoms with Gasteiger partial charge in [-0.2, -0.15) is 0 Å². The molecule has 0 saturated carbocycles. The highest BCUT2D eigenvalue weighted by atomic mass is 16.5. The number of nitrogens with one attached hydrogen (secondary N) is 1. The Hall–Kier alpha value is -0.650. The van der Waals surface area contributed by atoms with E-state index in [2.05, 4.69) is 5.32 Å². The minimum Gasteiger partial charge on any atom is -0.382 e. The van der Waals surface area contributed by atoms with Crippen LogP contribution >= 0.6 is 0 Å². The second-order valence-electron chi connectivity index (χ2n) is 4.00. The van der Waals surface area contributed by atoms with Gasteiger partial charge in [-0.3, -0.25) is 4.79 Å². The highest BCUT2D eigenvalue weighted by molar-refractivity contribution is 5.81. The molecular formula is C12H26N2O3. The summed E-state index contributed by atoms with van der Waals surface area (Å²) in [5, 5.41) is 2.83. The lowest BCUT2D eigenvalue weighted by molar-refractivity contribution is -0.122. The van der Waals surface area contributed by atoms with Crippen molar-refractivity contribution < 1.29 is 14.3 Å². The van der Waals surface area contributed by atoms with Gasteiger partial charge in [-0.15, -0.1) is 0 Å². The quantitative estimate of drug-likeness (QED) is 0.526. The van der Waals surface area contributed by atoms with Gasteiger partial charge in [0.25, 0.3) is 0 Å². The first-order valence-electron chi connectivity index (χ1n) is 6.32. The van der Waals surface area contributed by atoms with Gasteiger partial charge in [0.1, 0.15) is 0 Å².